The van der Waals surface area contributed by atoms with Crippen LogP contribution in [0.15, 0.2) is 60.9 Å². The van der Waals surface area contributed by atoms with E-state index in [1.165, 1.54) is 18.4 Å². The van der Waals surface area contributed by atoms with E-state index < -0.39 is 0 Å². The van der Waals surface area contributed by atoms with E-state index in [0.29, 0.717) is 17.4 Å². The maximum atomic E-state index is 12.5. The van der Waals surface area contributed by atoms with Crippen LogP contribution in [0, 0.1) is 6.92 Å². The highest BCUT2D eigenvalue weighted by Crippen LogP contribution is 2.22. The Morgan fingerprint density at radius 1 is 1.00 bits per heavy atom. The maximum Gasteiger partial charge on any atom is 0.251 e. The van der Waals surface area contributed by atoms with Crippen LogP contribution in [0.4, 0.5) is 11.5 Å². The van der Waals surface area contributed by atoms with Crippen LogP contribution in [0.1, 0.15) is 41.6 Å². The van der Waals surface area contributed by atoms with Crippen molar-refractivity contribution in [1.82, 2.24) is 15.3 Å². The molecular weight excluding hydrogens is 348 g/mol. The standard InChI is InChI=1S/C23H24N4O/c1-16-9-11-17(12-10-16)21-14-22(25-15-24-21)26-20-8-4-5-18(13-20)23(28)27-19-6-2-3-7-19/h4-5,8-15,19H,2-3,6-7H2,1H3,(H,27,28)(H,24,25,26). The predicted octanol–water partition coefficient (Wildman–Crippen LogP) is 4.87. The largest absolute Gasteiger partial charge is 0.349 e. The number of aromatic nitrogens is 2. The summed E-state index contributed by atoms with van der Waals surface area (Å²) >= 11 is 0. The Balaban J connectivity index is 1.49. The molecule has 4 rings (SSSR count). The highest BCUT2D eigenvalue weighted by molar-refractivity contribution is 5.95. The number of anilines is 2. The number of aryl methyl sites for hydroxylation is 1. The number of nitrogens with zero attached hydrogens (tertiary/aromatic N) is 2. The van der Waals surface area contributed by atoms with Crippen molar-refractivity contribution in [3.8, 4) is 11.3 Å². The third-order valence-corrected chi connectivity index (χ3v) is 5.10. The Kier molecular flexibility index (Phi) is 5.33. The third kappa shape index (κ3) is 4.36. The quantitative estimate of drug-likeness (QED) is 0.671. The van der Waals surface area contributed by atoms with E-state index in [0.717, 1.165) is 29.8 Å². The van der Waals surface area contributed by atoms with Crippen molar-refractivity contribution in [1.29, 1.82) is 0 Å². The molecule has 0 saturated heterocycles. The lowest BCUT2D eigenvalue weighted by molar-refractivity contribution is 0.0938. The van der Waals surface area contributed by atoms with Gasteiger partial charge in [-0.3, -0.25) is 4.79 Å². The number of amides is 1. The molecule has 5 nitrogen and oxygen atoms in total. The highest BCUT2D eigenvalue weighted by Gasteiger charge is 2.18. The van der Waals surface area contributed by atoms with Gasteiger partial charge in [-0.05, 0) is 38.0 Å². The molecule has 0 aliphatic heterocycles. The summed E-state index contributed by atoms with van der Waals surface area (Å²) in [4.78, 5) is 21.2. The fourth-order valence-electron chi connectivity index (χ4n) is 3.53. The van der Waals surface area contributed by atoms with Crippen LogP contribution in [-0.2, 0) is 0 Å². The molecule has 0 unspecified atom stereocenters. The number of hydrogen-bond acceptors (Lipinski definition) is 4. The van der Waals surface area contributed by atoms with E-state index in [4.69, 9.17) is 0 Å². The molecule has 2 N–H and O–H groups in total. The average molecular weight is 372 g/mol. The van der Waals surface area contributed by atoms with Gasteiger partial charge in [0.2, 0.25) is 0 Å². The van der Waals surface area contributed by atoms with Gasteiger partial charge in [0.25, 0.3) is 5.91 Å². The average Bonchev–Trinajstić information content (AvgIpc) is 3.22. The predicted molar refractivity (Wildman–Crippen MR) is 112 cm³/mol. The Morgan fingerprint density at radius 2 is 1.79 bits per heavy atom. The van der Waals surface area contributed by atoms with Gasteiger partial charge in [-0.1, -0.05) is 48.7 Å². The number of benzene rings is 2. The lowest BCUT2D eigenvalue weighted by Crippen LogP contribution is -2.32. The van der Waals surface area contributed by atoms with Crippen molar-refractivity contribution in [2.24, 2.45) is 0 Å². The van der Waals surface area contributed by atoms with Crippen LogP contribution in [0.2, 0.25) is 0 Å². The van der Waals surface area contributed by atoms with Crippen molar-refractivity contribution in [3.05, 3.63) is 72.1 Å². The second kappa shape index (κ2) is 8.21. The summed E-state index contributed by atoms with van der Waals surface area (Å²) in [5.74, 6) is 0.678. The highest BCUT2D eigenvalue weighted by atomic mass is 16.1. The van der Waals surface area contributed by atoms with E-state index in [2.05, 4.69) is 51.8 Å². The van der Waals surface area contributed by atoms with Gasteiger partial charge in [-0.25, -0.2) is 9.97 Å². The van der Waals surface area contributed by atoms with Crippen LogP contribution in [-0.4, -0.2) is 21.9 Å². The van der Waals surface area contributed by atoms with E-state index >= 15 is 0 Å². The van der Waals surface area contributed by atoms with Gasteiger partial charge >= 0.3 is 0 Å². The maximum absolute atomic E-state index is 12.5. The second-order valence-electron chi connectivity index (χ2n) is 7.32. The van der Waals surface area contributed by atoms with Gasteiger partial charge in [0.1, 0.15) is 12.1 Å². The molecule has 0 radical (unpaired) electrons. The first-order chi connectivity index (χ1) is 13.7. The first kappa shape index (κ1) is 18.2. The van der Waals surface area contributed by atoms with Crippen molar-refractivity contribution in [3.63, 3.8) is 0 Å². The van der Waals surface area contributed by atoms with Gasteiger partial charge in [-0.2, -0.15) is 0 Å². The summed E-state index contributed by atoms with van der Waals surface area (Å²) in [7, 11) is 0. The van der Waals surface area contributed by atoms with Crippen LogP contribution in [0.25, 0.3) is 11.3 Å². The molecule has 0 atom stereocenters. The molecule has 1 aromatic heterocycles. The molecule has 1 fully saturated rings. The topological polar surface area (TPSA) is 66.9 Å². The van der Waals surface area contributed by atoms with Crippen LogP contribution in [0.5, 0.6) is 0 Å². The van der Waals surface area contributed by atoms with E-state index in [1.54, 1.807) is 6.33 Å². The SMILES string of the molecule is Cc1ccc(-c2cc(Nc3cccc(C(=O)NC4CCCC4)c3)ncn2)cc1. The van der Waals surface area contributed by atoms with Crippen molar-refractivity contribution >= 4 is 17.4 Å². The van der Waals surface area contributed by atoms with Crippen molar-refractivity contribution in [2.75, 3.05) is 5.32 Å². The molecule has 28 heavy (non-hydrogen) atoms. The number of hydrogen-bond donors (Lipinski definition) is 2. The smallest absolute Gasteiger partial charge is 0.251 e. The zero-order valence-corrected chi connectivity index (χ0v) is 16.0. The molecule has 1 amide bonds. The molecule has 2 aromatic carbocycles. The zero-order valence-electron chi connectivity index (χ0n) is 16.0. The molecule has 1 heterocycles. The fourth-order valence-corrected chi connectivity index (χ4v) is 3.53. The number of carbonyl (C=O) groups is 1. The summed E-state index contributed by atoms with van der Waals surface area (Å²) in [5, 5.41) is 6.41. The Hall–Kier alpha value is -3.21. The number of rotatable bonds is 5. The fraction of sp³-hybridized carbons (Fsp3) is 0.261. The van der Waals surface area contributed by atoms with Crippen molar-refractivity contribution < 1.29 is 4.79 Å². The van der Waals surface area contributed by atoms with Gasteiger partial charge in [-0.15, -0.1) is 0 Å². The lowest BCUT2D eigenvalue weighted by Gasteiger charge is -2.13. The van der Waals surface area contributed by atoms with Crippen LogP contribution >= 0.6 is 0 Å². The van der Waals surface area contributed by atoms with E-state index in [9.17, 15) is 4.79 Å². The molecule has 1 saturated carbocycles. The minimum atomic E-state index is -0.0152. The van der Waals surface area contributed by atoms with Gasteiger partial charge in [0, 0.05) is 28.9 Å². The van der Waals surface area contributed by atoms with Gasteiger partial charge in [0.15, 0.2) is 0 Å². The van der Waals surface area contributed by atoms with E-state index in [-0.39, 0.29) is 5.91 Å². The third-order valence-electron chi connectivity index (χ3n) is 5.10. The summed E-state index contributed by atoms with van der Waals surface area (Å²) in [6.45, 7) is 2.06. The minimum absolute atomic E-state index is 0.0152. The van der Waals surface area contributed by atoms with Crippen LogP contribution in [0.3, 0.4) is 0 Å². The summed E-state index contributed by atoms with van der Waals surface area (Å²) in [5.41, 5.74) is 4.59. The summed E-state index contributed by atoms with van der Waals surface area (Å²) < 4.78 is 0. The Labute approximate surface area is 165 Å². The van der Waals surface area contributed by atoms with Crippen molar-refractivity contribution in [2.45, 2.75) is 38.6 Å². The number of carbonyl (C=O) groups excluding carboxylic acids is 1. The lowest BCUT2D eigenvalue weighted by atomic mass is 10.1. The van der Waals surface area contributed by atoms with Gasteiger partial charge in [0.05, 0.1) is 5.69 Å². The molecule has 1 aliphatic rings. The number of nitrogens with one attached hydrogen (secondary N) is 2. The first-order valence-corrected chi connectivity index (χ1v) is 9.74. The zero-order chi connectivity index (χ0) is 19.3. The molecule has 142 valence electrons. The molecule has 0 spiro atoms. The summed E-state index contributed by atoms with van der Waals surface area (Å²) in [6.07, 6.45) is 6.10. The molecule has 1 aliphatic carbocycles. The molecular formula is C23H24N4O. The Bertz CT molecular complexity index is 962. The monoisotopic (exact) mass is 372 g/mol. The Morgan fingerprint density at radius 3 is 2.57 bits per heavy atom. The molecule has 3 aromatic rings. The minimum Gasteiger partial charge on any atom is -0.349 e. The van der Waals surface area contributed by atoms with E-state index in [1.807, 2.05) is 30.3 Å². The molecule has 0 bridgehead atoms. The summed E-state index contributed by atoms with van der Waals surface area (Å²) in [6, 6.07) is 18.0. The van der Waals surface area contributed by atoms with Gasteiger partial charge < -0.3 is 10.6 Å². The first-order valence-electron chi connectivity index (χ1n) is 9.74. The molecule has 5 heteroatoms. The second-order valence-corrected chi connectivity index (χ2v) is 7.32. The normalized spacial score (nSPS) is 14.0. The van der Waals surface area contributed by atoms with Crippen LogP contribution < -0.4 is 10.6 Å².